The third kappa shape index (κ3) is 4.24. The molecule has 0 aromatic rings. The lowest BCUT2D eigenvalue weighted by Gasteiger charge is -2.28. The summed E-state index contributed by atoms with van der Waals surface area (Å²) in [5.41, 5.74) is 0. The van der Waals surface area contributed by atoms with E-state index in [1.54, 1.807) is 0 Å². The van der Waals surface area contributed by atoms with Gasteiger partial charge in [-0.25, -0.2) is 0 Å². The van der Waals surface area contributed by atoms with Crippen molar-refractivity contribution in [1.82, 2.24) is 5.32 Å². The second-order valence-corrected chi connectivity index (χ2v) is 6.11. The van der Waals surface area contributed by atoms with Crippen LogP contribution in [0.15, 0.2) is 12.7 Å². The summed E-state index contributed by atoms with van der Waals surface area (Å²) in [6.07, 6.45) is 13.3. The number of Topliss-reactive ketones (excluding diaryl/α,β-unsaturated/α-hetero) is 1. The van der Waals surface area contributed by atoms with Gasteiger partial charge in [-0.15, -0.1) is 6.58 Å². The van der Waals surface area contributed by atoms with Crippen LogP contribution in [0.4, 0.5) is 0 Å². The van der Waals surface area contributed by atoms with Crippen LogP contribution in [0, 0.1) is 5.92 Å². The maximum atomic E-state index is 11.9. The minimum atomic E-state index is 0.500. The van der Waals surface area contributed by atoms with Crippen LogP contribution in [0.25, 0.3) is 0 Å². The molecular weight excluding hydrogens is 222 g/mol. The maximum absolute atomic E-state index is 11.9. The molecule has 0 saturated carbocycles. The van der Waals surface area contributed by atoms with Gasteiger partial charge in [-0.3, -0.25) is 4.79 Å². The van der Waals surface area contributed by atoms with Gasteiger partial charge in [0.2, 0.25) is 0 Å². The summed E-state index contributed by atoms with van der Waals surface area (Å²) < 4.78 is 0. The second-order valence-electron chi connectivity index (χ2n) is 6.11. The van der Waals surface area contributed by atoms with Crippen LogP contribution in [0.2, 0.25) is 0 Å². The molecule has 2 nitrogen and oxygen atoms in total. The zero-order valence-corrected chi connectivity index (χ0v) is 11.5. The molecule has 2 unspecified atom stereocenters. The Morgan fingerprint density at radius 3 is 2.56 bits per heavy atom. The molecule has 2 bridgehead atoms. The average Bonchev–Trinajstić information content (AvgIpc) is 2.68. The minimum absolute atomic E-state index is 0.500. The van der Waals surface area contributed by atoms with Crippen LogP contribution in [-0.2, 0) is 4.79 Å². The summed E-state index contributed by atoms with van der Waals surface area (Å²) in [5, 5.41) is 3.64. The fraction of sp³-hybridized carbons (Fsp3) is 0.812. The fourth-order valence-corrected chi connectivity index (χ4v) is 3.55. The standard InChI is InChI=1S/C16H27NO/c1-2-3-4-5-6-7-16(18)12-13-10-14-8-9-15(11-13)17-14/h2,13-15,17H,1,3-12H2. The highest BCUT2D eigenvalue weighted by molar-refractivity contribution is 5.78. The van der Waals surface area contributed by atoms with E-state index in [1.807, 2.05) is 6.08 Å². The molecule has 2 saturated heterocycles. The van der Waals surface area contributed by atoms with Crippen molar-refractivity contribution in [3.8, 4) is 0 Å². The van der Waals surface area contributed by atoms with Gasteiger partial charge in [0.1, 0.15) is 5.78 Å². The van der Waals surface area contributed by atoms with Gasteiger partial charge >= 0.3 is 0 Å². The molecule has 2 aliphatic heterocycles. The summed E-state index contributed by atoms with van der Waals surface area (Å²) >= 11 is 0. The van der Waals surface area contributed by atoms with Crippen molar-refractivity contribution in [3.05, 3.63) is 12.7 Å². The predicted molar refractivity (Wildman–Crippen MR) is 75.6 cm³/mol. The SMILES string of the molecule is C=CCCCCCC(=O)CC1CC2CCC(C1)N2. The topological polar surface area (TPSA) is 29.1 Å². The lowest BCUT2D eigenvalue weighted by Crippen LogP contribution is -2.38. The molecule has 2 heterocycles. The van der Waals surface area contributed by atoms with E-state index in [1.165, 1.54) is 38.5 Å². The van der Waals surface area contributed by atoms with Crippen molar-refractivity contribution < 1.29 is 4.79 Å². The molecule has 2 fully saturated rings. The number of nitrogens with one attached hydrogen (secondary N) is 1. The van der Waals surface area contributed by atoms with Gasteiger partial charge in [0, 0.05) is 24.9 Å². The molecule has 0 aliphatic carbocycles. The third-order valence-electron chi connectivity index (χ3n) is 4.45. The van der Waals surface area contributed by atoms with Gasteiger partial charge in [-0.05, 0) is 50.9 Å². The Bertz CT molecular complexity index is 275. The molecular formula is C16H27NO. The van der Waals surface area contributed by atoms with Crippen LogP contribution in [0.5, 0.6) is 0 Å². The van der Waals surface area contributed by atoms with E-state index in [0.29, 0.717) is 23.8 Å². The summed E-state index contributed by atoms with van der Waals surface area (Å²) in [4.78, 5) is 11.9. The van der Waals surface area contributed by atoms with Gasteiger partial charge in [0.15, 0.2) is 0 Å². The Kier molecular flexibility index (Phi) is 5.43. The van der Waals surface area contributed by atoms with E-state index < -0.39 is 0 Å². The summed E-state index contributed by atoms with van der Waals surface area (Å²) in [7, 11) is 0. The van der Waals surface area contributed by atoms with Gasteiger partial charge < -0.3 is 5.32 Å². The molecule has 0 spiro atoms. The van der Waals surface area contributed by atoms with Crippen molar-refractivity contribution in [1.29, 1.82) is 0 Å². The number of hydrogen-bond donors (Lipinski definition) is 1. The van der Waals surface area contributed by atoms with E-state index in [9.17, 15) is 4.79 Å². The lowest BCUT2D eigenvalue weighted by atomic mass is 9.87. The van der Waals surface area contributed by atoms with Crippen LogP contribution in [-0.4, -0.2) is 17.9 Å². The number of allylic oxidation sites excluding steroid dienone is 1. The zero-order valence-electron chi connectivity index (χ0n) is 11.5. The third-order valence-corrected chi connectivity index (χ3v) is 4.45. The number of unbranched alkanes of at least 4 members (excludes halogenated alkanes) is 3. The highest BCUT2D eigenvalue weighted by atomic mass is 16.1. The normalized spacial score (nSPS) is 30.3. The number of fused-ring (bicyclic) bond motifs is 2. The first-order valence-electron chi connectivity index (χ1n) is 7.66. The number of piperidine rings is 1. The maximum Gasteiger partial charge on any atom is 0.133 e. The number of hydrogen-bond acceptors (Lipinski definition) is 2. The summed E-state index contributed by atoms with van der Waals surface area (Å²) in [5.74, 6) is 1.17. The Hall–Kier alpha value is -0.630. The smallest absolute Gasteiger partial charge is 0.133 e. The van der Waals surface area contributed by atoms with Crippen molar-refractivity contribution in [2.24, 2.45) is 5.92 Å². The van der Waals surface area contributed by atoms with Crippen molar-refractivity contribution in [3.63, 3.8) is 0 Å². The van der Waals surface area contributed by atoms with Crippen molar-refractivity contribution in [2.45, 2.75) is 76.3 Å². The number of carbonyl (C=O) groups excluding carboxylic acids is 1. The zero-order chi connectivity index (χ0) is 12.8. The van der Waals surface area contributed by atoms with Crippen LogP contribution in [0.1, 0.15) is 64.2 Å². The van der Waals surface area contributed by atoms with Gasteiger partial charge in [0.25, 0.3) is 0 Å². The fourth-order valence-electron chi connectivity index (χ4n) is 3.55. The molecule has 0 amide bonds. The molecule has 2 heteroatoms. The molecule has 2 rings (SSSR count). The first-order chi connectivity index (χ1) is 8.78. The Labute approximate surface area is 111 Å². The molecule has 18 heavy (non-hydrogen) atoms. The highest BCUT2D eigenvalue weighted by Crippen LogP contribution is 2.33. The van der Waals surface area contributed by atoms with E-state index in [4.69, 9.17) is 0 Å². The predicted octanol–water partition coefficient (Wildman–Crippen LogP) is 3.61. The number of rotatable bonds is 8. The van der Waals surface area contributed by atoms with Gasteiger partial charge in [-0.1, -0.05) is 12.5 Å². The number of ketones is 1. The van der Waals surface area contributed by atoms with Gasteiger partial charge in [0.05, 0.1) is 0 Å². The Balaban J connectivity index is 1.58. The molecule has 1 N–H and O–H groups in total. The van der Waals surface area contributed by atoms with Crippen molar-refractivity contribution >= 4 is 5.78 Å². The summed E-state index contributed by atoms with van der Waals surface area (Å²) in [6.45, 7) is 3.72. The molecule has 0 radical (unpaired) electrons. The van der Waals surface area contributed by atoms with E-state index >= 15 is 0 Å². The molecule has 0 aromatic carbocycles. The first kappa shape index (κ1) is 13.8. The average molecular weight is 249 g/mol. The number of carbonyl (C=O) groups is 1. The molecule has 102 valence electrons. The minimum Gasteiger partial charge on any atom is -0.311 e. The highest BCUT2D eigenvalue weighted by Gasteiger charge is 2.33. The van der Waals surface area contributed by atoms with Crippen LogP contribution >= 0.6 is 0 Å². The Morgan fingerprint density at radius 1 is 1.17 bits per heavy atom. The second kappa shape index (κ2) is 7.08. The molecule has 2 atom stereocenters. The first-order valence-corrected chi connectivity index (χ1v) is 7.66. The van der Waals surface area contributed by atoms with Crippen LogP contribution < -0.4 is 5.32 Å². The lowest BCUT2D eigenvalue weighted by molar-refractivity contribution is -0.120. The van der Waals surface area contributed by atoms with E-state index in [0.717, 1.165) is 25.7 Å². The van der Waals surface area contributed by atoms with Gasteiger partial charge in [-0.2, -0.15) is 0 Å². The Morgan fingerprint density at radius 2 is 1.89 bits per heavy atom. The van der Waals surface area contributed by atoms with Crippen LogP contribution in [0.3, 0.4) is 0 Å². The molecule has 2 aliphatic rings. The largest absolute Gasteiger partial charge is 0.311 e. The quantitative estimate of drug-likeness (QED) is 0.526. The van der Waals surface area contributed by atoms with Crippen molar-refractivity contribution in [2.75, 3.05) is 0 Å². The van der Waals surface area contributed by atoms with E-state index in [-0.39, 0.29) is 0 Å². The molecule has 0 aromatic heterocycles. The monoisotopic (exact) mass is 249 g/mol. The van der Waals surface area contributed by atoms with E-state index in [2.05, 4.69) is 11.9 Å². The summed E-state index contributed by atoms with van der Waals surface area (Å²) in [6, 6.07) is 1.43.